The Hall–Kier alpha value is -1.36. The molecular weight excluding hydrogens is 264 g/mol. The minimum absolute atomic E-state index is 0.0426. The van der Waals surface area contributed by atoms with E-state index in [9.17, 15) is 4.79 Å². The Morgan fingerprint density at radius 3 is 2.48 bits per heavy atom. The molecule has 5 heteroatoms. The highest BCUT2D eigenvalue weighted by Gasteiger charge is 2.34. The quantitative estimate of drug-likeness (QED) is 0.912. The fourth-order valence-corrected chi connectivity index (χ4v) is 2.70. The molecule has 0 spiro atoms. The van der Waals surface area contributed by atoms with E-state index < -0.39 is 0 Å². The first-order valence-corrected chi connectivity index (χ1v) is 8.03. The van der Waals surface area contributed by atoms with Crippen molar-refractivity contribution in [3.63, 3.8) is 0 Å². The highest BCUT2D eigenvalue weighted by molar-refractivity contribution is 5.78. The second-order valence-corrected chi connectivity index (χ2v) is 5.68. The van der Waals surface area contributed by atoms with E-state index in [4.69, 9.17) is 0 Å². The molecule has 0 aromatic carbocycles. The Morgan fingerprint density at radius 2 is 2.00 bits per heavy atom. The standard InChI is InChI=1S/C13H22N4O.C3H8/c1-5-14-12-6-7-16(10(12)3)13(18)17-8-9(2)15-11(17)4;1-3-2/h8,10,12,14H,5-7H2,1-4H3;3H2,1-2H3. The first kappa shape index (κ1) is 17.7. The van der Waals surface area contributed by atoms with Crippen LogP contribution in [0.15, 0.2) is 6.20 Å². The van der Waals surface area contributed by atoms with Crippen LogP contribution in [-0.2, 0) is 0 Å². The molecule has 0 aliphatic carbocycles. The van der Waals surface area contributed by atoms with Gasteiger partial charge < -0.3 is 10.2 Å². The average Bonchev–Trinajstić information content (AvgIpc) is 2.94. The number of aryl methyl sites for hydroxylation is 2. The maximum atomic E-state index is 12.5. The number of hydrogen-bond acceptors (Lipinski definition) is 3. The monoisotopic (exact) mass is 294 g/mol. The van der Waals surface area contributed by atoms with Gasteiger partial charge >= 0.3 is 6.03 Å². The molecule has 2 unspecified atom stereocenters. The zero-order valence-corrected chi connectivity index (χ0v) is 14.3. The smallest absolute Gasteiger partial charge is 0.320 e. The third-order valence-electron chi connectivity index (χ3n) is 3.68. The number of hydrogen-bond donors (Lipinski definition) is 1. The Morgan fingerprint density at radius 1 is 1.38 bits per heavy atom. The maximum Gasteiger partial charge on any atom is 0.329 e. The Bertz CT molecular complexity index is 455. The first-order chi connectivity index (χ1) is 9.96. The van der Waals surface area contributed by atoms with Gasteiger partial charge in [0, 0.05) is 24.8 Å². The molecule has 1 aromatic heterocycles. The van der Waals surface area contributed by atoms with Crippen LogP contribution in [0.3, 0.4) is 0 Å². The van der Waals surface area contributed by atoms with E-state index in [1.54, 1.807) is 4.57 Å². The van der Waals surface area contributed by atoms with E-state index >= 15 is 0 Å². The van der Waals surface area contributed by atoms with Gasteiger partial charge in [-0.05, 0) is 33.7 Å². The molecule has 5 nitrogen and oxygen atoms in total. The molecule has 2 heterocycles. The van der Waals surface area contributed by atoms with Crippen molar-refractivity contribution in [1.82, 2.24) is 19.8 Å². The lowest BCUT2D eigenvalue weighted by molar-refractivity contribution is 0.193. The van der Waals surface area contributed by atoms with Gasteiger partial charge in [0.1, 0.15) is 5.82 Å². The lowest BCUT2D eigenvalue weighted by Crippen LogP contribution is -2.44. The summed E-state index contributed by atoms with van der Waals surface area (Å²) in [6.07, 6.45) is 4.08. The number of carbonyl (C=O) groups excluding carboxylic acids is 1. The second kappa shape index (κ2) is 8.17. The summed E-state index contributed by atoms with van der Waals surface area (Å²) < 4.78 is 1.65. The van der Waals surface area contributed by atoms with Crippen LogP contribution in [0.1, 0.15) is 52.1 Å². The molecule has 1 fully saturated rings. The van der Waals surface area contributed by atoms with Crippen molar-refractivity contribution in [1.29, 1.82) is 0 Å². The maximum absolute atomic E-state index is 12.5. The predicted octanol–water partition coefficient (Wildman–Crippen LogP) is 2.96. The number of amides is 1. The number of likely N-dealkylation sites (tertiary alicyclic amines) is 1. The van der Waals surface area contributed by atoms with E-state index in [1.807, 2.05) is 24.9 Å². The molecule has 1 saturated heterocycles. The van der Waals surface area contributed by atoms with Crippen molar-refractivity contribution in [3.8, 4) is 0 Å². The van der Waals surface area contributed by atoms with Crippen molar-refractivity contribution < 1.29 is 4.79 Å². The third-order valence-corrected chi connectivity index (χ3v) is 3.68. The van der Waals surface area contributed by atoms with Crippen LogP contribution in [0.5, 0.6) is 0 Å². The highest BCUT2D eigenvalue weighted by Crippen LogP contribution is 2.19. The molecule has 2 rings (SSSR count). The minimum Gasteiger partial charge on any atom is -0.320 e. The number of likely N-dealkylation sites (N-methyl/N-ethyl adjacent to an activating group) is 1. The molecular formula is C16H30N4O. The summed E-state index contributed by atoms with van der Waals surface area (Å²) in [7, 11) is 0. The number of aromatic nitrogens is 2. The highest BCUT2D eigenvalue weighted by atomic mass is 16.2. The molecule has 120 valence electrons. The van der Waals surface area contributed by atoms with Crippen molar-refractivity contribution in [2.45, 2.75) is 66.5 Å². The van der Waals surface area contributed by atoms with Crippen molar-refractivity contribution in [3.05, 3.63) is 17.7 Å². The molecule has 0 saturated carbocycles. The Labute approximate surface area is 128 Å². The largest absolute Gasteiger partial charge is 0.329 e. The van der Waals surface area contributed by atoms with Gasteiger partial charge in [0.2, 0.25) is 0 Å². The summed E-state index contributed by atoms with van der Waals surface area (Å²) in [5, 5.41) is 3.43. The fraction of sp³-hybridized carbons (Fsp3) is 0.750. The summed E-state index contributed by atoms with van der Waals surface area (Å²) in [5.74, 6) is 0.761. The van der Waals surface area contributed by atoms with Gasteiger partial charge in [-0.2, -0.15) is 0 Å². The lowest BCUT2D eigenvalue weighted by Gasteiger charge is -2.25. The first-order valence-electron chi connectivity index (χ1n) is 8.03. The SMILES string of the molecule is CCC.CCNC1CCN(C(=O)n2cc(C)nc2C)C1C. The van der Waals surface area contributed by atoms with Crippen molar-refractivity contribution >= 4 is 6.03 Å². The van der Waals surface area contributed by atoms with Crippen molar-refractivity contribution in [2.75, 3.05) is 13.1 Å². The minimum atomic E-state index is 0.0426. The van der Waals surface area contributed by atoms with E-state index in [-0.39, 0.29) is 12.1 Å². The number of nitrogens with one attached hydrogen (secondary N) is 1. The van der Waals surface area contributed by atoms with Gasteiger partial charge in [-0.25, -0.2) is 9.78 Å². The van der Waals surface area contributed by atoms with Crippen LogP contribution >= 0.6 is 0 Å². The predicted molar refractivity (Wildman–Crippen MR) is 86.7 cm³/mol. The summed E-state index contributed by atoms with van der Waals surface area (Å²) >= 11 is 0. The average molecular weight is 294 g/mol. The van der Waals surface area contributed by atoms with Crippen LogP contribution in [0, 0.1) is 13.8 Å². The molecule has 1 aromatic rings. The van der Waals surface area contributed by atoms with Crippen LogP contribution in [-0.4, -0.2) is 45.7 Å². The van der Waals surface area contributed by atoms with Gasteiger partial charge in [0.05, 0.1) is 5.69 Å². The van der Waals surface area contributed by atoms with Crippen LogP contribution in [0.4, 0.5) is 4.79 Å². The molecule has 0 bridgehead atoms. The van der Waals surface area contributed by atoms with Crippen LogP contribution < -0.4 is 5.32 Å². The number of carbonyl (C=O) groups is 1. The normalized spacial score (nSPS) is 21.1. The van der Waals surface area contributed by atoms with Gasteiger partial charge in [-0.3, -0.25) is 4.57 Å². The Balaban J connectivity index is 0.000000677. The summed E-state index contributed by atoms with van der Waals surface area (Å²) in [4.78, 5) is 18.7. The zero-order chi connectivity index (χ0) is 16.0. The van der Waals surface area contributed by atoms with Crippen molar-refractivity contribution in [2.24, 2.45) is 0 Å². The van der Waals surface area contributed by atoms with Crippen LogP contribution in [0.25, 0.3) is 0 Å². The summed E-state index contributed by atoms with van der Waals surface area (Å²) in [6.45, 7) is 14.0. The summed E-state index contributed by atoms with van der Waals surface area (Å²) in [5.41, 5.74) is 0.885. The summed E-state index contributed by atoms with van der Waals surface area (Å²) in [6, 6.07) is 0.685. The third kappa shape index (κ3) is 4.30. The molecule has 21 heavy (non-hydrogen) atoms. The van der Waals surface area contributed by atoms with E-state index in [0.717, 1.165) is 31.0 Å². The second-order valence-electron chi connectivity index (χ2n) is 5.68. The van der Waals surface area contributed by atoms with Gasteiger partial charge in [0.15, 0.2) is 0 Å². The molecule has 2 atom stereocenters. The number of imidazole rings is 1. The molecule has 1 N–H and O–H groups in total. The Kier molecular flexibility index (Phi) is 6.89. The van der Waals surface area contributed by atoms with Gasteiger partial charge in [-0.1, -0.05) is 27.2 Å². The topological polar surface area (TPSA) is 50.2 Å². The zero-order valence-electron chi connectivity index (χ0n) is 14.3. The van der Waals surface area contributed by atoms with Gasteiger partial charge in [0.25, 0.3) is 0 Å². The lowest BCUT2D eigenvalue weighted by atomic mass is 10.1. The molecule has 1 aliphatic rings. The van der Waals surface area contributed by atoms with E-state index in [2.05, 4.69) is 38.0 Å². The fourth-order valence-electron chi connectivity index (χ4n) is 2.70. The number of rotatable bonds is 2. The molecule has 1 aliphatic heterocycles. The van der Waals surface area contributed by atoms with E-state index in [1.165, 1.54) is 6.42 Å². The van der Waals surface area contributed by atoms with Crippen LogP contribution in [0.2, 0.25) is 0 Å². The molecule has 1 amide bonds. The van der Waals surface area contributed by atoms with Gasteiger partial charge in [-0.15, -0.1) is 0 Å². The van der Waals surface area contributed by atoms with E-state index in [0.29, 0.717) is 6.04 Å². The number of nitrogens with zero attached hydrogens (tertiary/aromatic N) is 3. The molecule has 0 radical (unpaired) electrons.